The molecule has 0 bridgehead atoms. The summed E-state index contributed by atoms with van der Waals surface area (Å²) in [5.74, 6) is -0.596. The van der Waals surface area contributed by atoms with Crippen LogP contribution in [0.4, 0.5) is 0 Å². The first kappa shape index (κ1) is 17.6. The molecule has 0 saturated carbocycles. The van der Waals surface area contributed by atoms with Gasteiger partial charge in [-0.25, -0.2) is 13.9 Å². The van der Waals surface area contributed by atoms with Gasteiger partial charge in [-0.15, -0.1) is 0 Å². The lowest BCUT2D eigenvalue weighted by Gasteiger charge is -2.28. The zero-order chi connectivity index (χ0) is 18.0. The van der Waals surface area contributed by atoms with Gasteiger partial charge in [0.1, 0.15) is 0 Å². The molecule has 1 heterocycles. The Balaban J connectivity index is 1.85. The number of nitrogens with one attached hydrogen (secondary N) is 1. The topological polar surface area (TPSA) is 107 Å². The molecule has 0 radical (unpaired) electrons. The SMILES string of the molecule is O=C(NO)c1ccc2c(c1)CCN(S(=O)(=O)c1ccc(CO)cc1)C2. The number of rotatable bonds is 4. The molecule has 1 aliphatic rings. The molecule has 0 atom stereocenters. The molecule has 0 aliphatic carbocycles. The third-order valence-corrected chi connectivity index (χ3v) is 6.15. The first-order valence-corrected chi connectivity index (χ1v) is 9.16. The molecule has 132 valence electrons. The molecule has 3 N–H and O–H groups in total. The maximum absolute atomic E-state index is 12.8. The summed E-state index contributed by atoms with van der Waals surface area (Å²) < 4.78 is 27.0. The van der Waals surface area contributed by atoms with Crippen LogP contribution in [0, 0.1) is 0 Å². The van der Waals surface area contributed by atoms with Gasteiger partial charge in [0, 0.05) is 18.7 Å². The highest BCUT2D eigenvalue weighted by atomic mass is 32.2. The van der Waals surface area contributed by atoms with Crippen molar-refractivity contribution in [2.75, 3.05) is 6.54 Å². The Hall–Kier alpha value is -2.26. The minimum Gasteiger partial charge on any atom is -0.392 e. The van der Waals surface area contributed by atoms with E-state index in [1.807, 2.05) is 0 Å². The number of carbonyl (C=O) groups excluding carboxylic acids is 1. The molecule has 7 nitrogen and oxygen atoms in total. The average molecular weight is 362 g/mol. The van der Waals surface area contributed by atoms with Crippen LogP contribution in [0.15, 0.2) is 47.4 Å². The maximum atomic E-state index is 12.8. The van der Waals surface area contributed by atoms with E-state index in [4.69, 9.17) is 10.3 Å². The third-order valence-electron chi connectivity index (χ3n) is 4.29. The Labute approximate surface area is 145 Å². The second-order valence-electron chi connectivity index (χ2n) is 5.82. The summed E-state index contributed by atoms with van der Waals surface area (Å²) in [5.41, 5.74) is 4.29. The molecule has 0 aromatic heterocycles. The number of benzene rings is 2. The minimum absolute atomic E-state index is 0.138. The molecule has 0 spiro atoms. The van der Waals surface area contributed by atoms with Crippen molar-refractivity contribution in [1.82, 2.24) is 9.79 Å². The summed E-state index contributed by atoms with van der Waals surface area (Å²) >= 11 is 0. The standard InChI is InChI=1S/C17H18N2O5S/c20-11-12-1-5-16(6-2-12)25(23,24)19-8-7-13-9-14(17(21)18-22)3-4-15(13)10-19/h1-6,9,20,22H,7-8,10-11H2,(H,18,21). The third kappa shape index (κ3) is 3.42. The zero-order valence-corrected chi connectivity index (χ0v) is 14.2. The Kier molecular flexibility index (Phi) is 4.87. The molecule has 1 aliphatic heterocycles. The fourth-order valence-corrected chi connectivity index (χ4v) is 4.27. The van der Waals surface area contributed by atoms with E-state index >= 15 is 0 Å². The van der Waals surface area contributed by atoms with Gasteiger partial charge in [0.2, 0.25) is 10.0 Å². The quantitative estimate of drug-likeness (QED) is 0.557. The summed E-state index contributed by atoms with van der Waals surface area (Å²) in [6.45, 7) is 0.392. The fraction of sp³-hybridized carbons (Fsp3) is 0.235. The van der Waals surface area contributed by atoms with Crippen LogP contribution in [0.25, 0.3) is 0 Å². The Morgan fingerprint density at radius 3 is 2.48 bits per heavy atom. The van der Waals surface area contributed by atoms with Crippen LogP contribution in [0.5, 0.6) is 0 Å². The molecule has 25 heavy (non-hydrogen) atoms. The Morgan fingerprint density at radius 2 is 1.84 bits per heavy atom. The highest BCUT2D eigenvalue weighted by Gasteiger charge is 2.28. The van der Waals surface area contributed by atoms with Crippen molar-refractivity contribution in [3.05, 3.63) is 64.7 Å². The Bertz CT molecular complexity index is 894. The number of carbonyl (C=O) groups is 1. The van der Waals surface area contributed by atoms with Gasteiger partial charge < -0.3 is 5.11 Å². The van der Waals surface area contributed by atoms with Crippen molar-refractivity contribution in [2.24, 2.45) is 0 Å². The minimum atomic E-state index is -3.63. The van der Waals surface area contributed by atoms with Gasteiger partial charge in [-0.1, -0.05) is 18.2 Å². The highest BCUT2D eigenvalue weighted by Crippen LogP contribution is 2.26. The van der Waals surface area contributed by atoms with Crippen molar-refractivity contribution in [3.63, 3.8) is 0 Å². The van der Waals surface area contributed by atoms with Gasteiger partial charge in [0.05, 0.1) is 11.5 Å². The Morgan fingerprint density at radius 1 is 1.12 bits per heavy atom. The van der Waals surface area contributed by atoms with E-state index in [0.29, 0.717) is 24.1 Å². The van der Waals surface area contributed by atoms with Crippen LogP contribution in [-0.4, -0.2) is 35.5 Å². The zero-order valence-electron chi connectivity index (χ0n) is 13.3. The number of amides is 1. The van der Waals surface area contributed by atoms with Gasteiger partial charge >= 0.3 is 0 Å². The summed E-state index contributed by atoms with van der Waals surface area (Å²) in [6.07, 6.45) is 0.482. The summed E-state index contributed by atoms with van der Waals surface area (Å²) in [5, 5.41) is 17.8. The smallest absolute Gasteiger partial charge is 0.274 e. The molecular weight excluding hydrogens is 344 g/mol. The molecule has 2 aromatic carbocycles. The average Bonchev–Trinajstić information content (AvgIpc) is 2.66. The molecule has 8 heteroatoms. The number of aliphatic hydroxyl groups is 1. The number of hydrogen-bond acceptors (Lipinski definition) is 5. The van der Waals surface area contributed by atoms with Crippen LogP contribution in [0.2, 0.25) is 0 Å². The maximum Gasteiger partial charge on any atom is 0.274 e. The fourth-order valence-electron chi connectivity index (χ4n) is 2.85. The number of aliphatic hydroxyl groups excluding tert-OH is 1. The van der Waals surface area contributed by atoms with Gasteiger partial charge in [-0.3, -0.25) is 10.0 Å². The lowest BCUT2D eigenvalue weighted by molar-refractivity contribution is 0.0706. The van der Waals surface area contributed by atoms with Crippen molar-refractivity contribution < 1.29 is 23.5 Å². The van der Waals surface area contributed by atoms with Crippen LogP contribution in [-0.2, 0) is 29.6 Å². The van der Waals surface area contributed by atoms with Crippen molar-refractivity contribution >= 4 is 15.9 Å². The van der Waals surface area contributed by atoms with Gasteiger partial charge in [0.25, 0.3) is 5.91 Å². The van der Waals surface area contributed by atoms with E-state index in [2.05, 4.69) is 0 Å². The molecule has 0 unspecified atom stereocenters. The van der Waals surface area contributed by atoms with Crippen molar-refractivity contribution in [2.45, 2.75) is 24.5 Å². The van der Waals surface area contributed by atoms with E-state index in [1.165, 1.54) is 16.4 Å². The molecular formula is C17H18N2O5S. The molecule has 3 rings (SSSR count). The van der Waals surface area contributed by atoms with Crippen LogP contribution >= 0.6 is 0 Å². The molecule has 2 aromatic rings. The van der Waals surface area contributed by atoms with Gasteiger partial charge in [0.15, 0.2) is 0 Å². The summed E-state index contributed by atoms with van der Waals surface area (Å²) in [4.78, 5) is 11.7. The van der Waals surface area contributed by atoms with Crippen molar-refractivity contribution in [3.8, 4) is 0 Å². The van der Waals surface area contributed by atoms with Crippen LogP contribution in [0.3, 0.4) is 0 Å². The monoisotopic (exact) mass is 362 g/mol. The first-order valence-electron chi connectivity index (χ1n) is 7.72. The summed E-state index contributed by atoms with van der Waals surface area (Å²) in [7, 11) is -3.63. The molecule has 0 fully saturated rings. The second kappa shape index (κ2) is 6.93. The van der Waals surface area contributed by atoms with Crippen LogP contribution < -0.4 is 5.48 Å². The largest absolute Gasteiger partial charge is 0.392 e. The number of fused-ring (bicyclic) bond motifs is 1. The molecule has 0 saturated heterocycles. The number of hydrogen-bond donors (Lipinski definition) is 3. The lowest BCUT2D eigenvalue weighted by atomic mass is 9.98. The normalized spacial score (nSPS) is 14.8. The summed E-state index contributed by atoms with van der Waals surface area (Å²) in [6, 6.07) is 11.1. The van der Waals surface area contributed by atoms with Gasteiger partial charge in [-0.05, 0) is 47.4 Å². The highest BCUT2D eigenvalue weighted by molar-refractivity contribution is 7.89. The van der Waals surface area contributed by atoms with E-state index in [9.17, 15) is 13.2 Å². The number of nitrogens with zero attached hydrogens (tertiary/aromatic N) is 1. The number of hydroxylamine groups is 1. The molecule has 1 amide bonds. The lowest BCUT2D eigenvalue weighted by Crippen LogP contribution is -2.36. The number of sulfonamides is 1. The predicted molar refractivity (Wildman–Crippen MR) is 89.4 cm³/mol. The van der Waals surface area contributed by atoms with E-state index in [0.717, 1.165) is 11.1 Å². The van der Waals surface area contributed by atoms with Crippen molar-refractivity contribution in [1.29, 1.82) is 0 Å². The van der Waals surface area contributed by atoms with Gasteiger partial charge in [-0.2, -0.15) is 4.31 Å². The van der Waals surface area contributed by atoms with E-state index < -0.39 is 15.9 Å². The predicted octanol–water partition coefficient (Wildman–Crippen LogP) is 1.04. The first-order chi connectivity index (χ1) is 12.0. The second-order valence-corrected chi connectivity index (χ2v) is 7.75. The van der Waals surface area contributed by atoms with E-state index in [-0.39, 0.29) is 18.0 Å². The van der Waals surface area contributed by atoms with E-state index in [1.54, 1.807) is 35.8 Å². The van der Waals surface area contributed by atoms with Crippen LogP contribution in [0.1, 0.15) is 27.0 Å².